The fraction of sp³-hybridized carbons (Fsp3) is 0.235. The molecular formula is C17H18O5. The molecule has 0 amide bonds. The average Bonchev–Trinajstić information content (AvgIpc) is 2.59. The van der Waals surface area contributed by atoms with Gasteiger partial charge in [-0.3, -0.25) is 4.79 Å². The van der Waals surface area contributed by atoms with Crippen LogP contribution in [0.15, 0.2) is 42.5 Å². The lowest BCUT2D eigenvalue weighted by atomic mass is 10.2. The molecule has 2 rings (SSSR count). The van der Waals surface area contributed by atoms with E-state index in [2.05, 4.69) is 0 Å². The van der Waals surface area contributed by atoms with Crippen molar-refractivity contribution >= 4 is 6.29 Å². The molecule has 0 aliphatic carbocycles. The Bertz CT molecular complexity index is 607. The van der Waals surface area contributed by atoms with Crippen molar-refractivity contribution in [3.8, 4) is 23.0 Å². The molecule has 0 N–H and O–H groups in total. The third-order valence-corrected chi connectivity index (χ3v) is 2.99. The standard InChI is InChI=1S/C17H18O5/c1-19-14-4-6-15(7-5-14)21-9-10-22-17-11-13(12-18)3-8-16(17)20-2/h3-8,11-12H,9-10H2,1-2H3. The molecule has 5 heteroatoms. The zero-order valence-corrected chi connectivity index (χ0v) is 12.6. The molecule has 0 atom stereocenters. The Morgan fingerprint density at radius 1 is 0.818 bits per heavy atom. The summed E-state index contributed by atoms with van der Waals surface area (Å²) >= 11 is 0. The molecule has 0 aliphatic heterocycles. The maximum Gasteiger partial charge on any atom is 0.162 e. The molecule has 0 heterocycles. The summed E-state index contributed by atoms with van der Waals surface area (Å²) in [6, 6.07) is 12.3. The topological polar surface area (TPSA) is 54.0 Å². The Morgan fingerprint density at radius 2 is 1.50 bits per heavy atom. The Labute approximate surface area is 129 Å². The van der Waals surface area contributed by atoms with Crippen molar-refractivity contribution in [2.45, 2.75) is 0 Å². The highest BCUT2D eigenvalue weighted by Gasteiger charge is 2.05. The zero-order chi connectivity index (χ0) is 15.8. The molecule has 0 bridgehead atoms. The van der Waals surface area contributed by atoms with Crippen LogP contribution in [0.1, 0.15) is 10.4 Å². The van der Waals surface area contributed by atoms with Crippen molar-refractivity contribution < 1.29 is 23.7 Å². The number of methoxy groups -OCH3 is 2. The number of carbonyl (C=O) groups is 1. The van der Waals surface area contributed by atoms with Crippen LogP contribution in [0.25, 0.3) is 0 Å². The van der Waals surface area contributed by atoms with Crippen LogP contribution >= 0.6 is 0 Å². The molecule has 0 aromatic heterocycles. The van der Waals surface area contributed by atoms with Gasteiger partial charge in [-0.2, -0.15) is 0 Å². The largest absolute Gasteiger partial charge is 0.497 e. The van der Waals surface area contributed by atoms with Crippen molar-refractivity contribution in [1.29, 1.82) is 0 Å². The van der Waals surface area contributed by atoms with Crippen LogP contribution in [-0.4, -0.2) is 33.7 Å². The first-order valence-corrected chi connectivity index (χ1v) is 6.79. The second kappa shape index (κ2) is 7.93. The Hall–Kier alpha value is -2.69. The fourth-order valence-electron chi connectivity index (χ4n) is 1.86. The third kappa shape index (κ3) is 4.15. The van der Waals surface area contributed by atoms with Gasteiger partial charge in [0.2, 0.25) is 0 Å². The van der Waals surface area contributed by atoms with Gasteiger partial charge in [-0.1, -0.05) is 0 Å². The van der Waals surface area contributed by atoms with Crippen LogP contribution in [0, 0.1) is 0 Å². The van der Waals surface area contributed by atoms with Crippen molar-refractivity contribution in [1.82, 2.24) is 0 Å². The minimum absolute atomic E-state index is 0.338. The third-order valence-electron chi connectivity index (χ3n) is 2.99. The molecule has 116 valence electrons. The second-order valence-corrected chi connectivity index (χ2v) is 4.40. The smallest absolute Gasteiger partial charge is 0.162 e. The normalized spacial score (nSPS) is 9.91. The van der Waals surface area contributed by atoms with Crippen LogP contribution in [-0.2, 0) is 0 Å². The van der Waals surface area contributed by atoms with Gasteiger partial charge in [0, 0.05) is 5.56 Å². The summed E-state index contributed by atoms with van der Waals surface area (Å²) in [4.78, 5) is 10.8. The van der Waals surface area contributed by atoms with Gasteiger partial charge >= 0.3 is 0 Å². The van der Waals surface area contributed by atoms with E-state index in [1.54, 1.807) is 32.4 Å². The second-order valence-electron chi connectivity index (χ2n) is 4.40. The van der Waals surface area contributed by atoms with Crippen molar-refractivity contribution in [2.24, 2.45) is 0 Å². The van der Waals surface area contributed by atoms with E-state index in [0.29, 0.717) is 30.3 Å². The zero-order valence-electron chi connectivity index (χ0n) is 12.6. The number of hydrogen-bond acceptors (Lipinski definition) is 5. The van der Waals surface area contributed by atoms with E-state index in [-0.39, 0.29) is 0 Å². The molecule has 0 saturated heterocycles. The number of ether oxygens (including phenoxy) is 4. The fourth-order valence-corrected chi connectivity index (χ4v) is 1.86. The minimum Gasteiger partial charge on any atom is -0.497 e. The van der Waals surface area contributed by atoms with Crippen molar-refractivity contribution in [2.75, 3.05) is 27.4 Å². The van der Waals surface area contributed by atoms with Crippen LogP contribution in [0.4, 0.5) is 0 Å². The maximum atomic E-state index is 10.8. The lowest BCUT2D eigenvalue weighted by molar-refractivity contribution is 0.112. The van der Waals surface area contributed by atoms with E-state index < -0.39 is 0 Å². The lowest BCUT2D eigenvalue weighted by Gasteiger charge is -2.12. The molecule has 22 heavy (non-hydrogen) atoms. The molecule has 0 unspecified atom stereocenters. The molecule has 0 aliphatic rings. The number of benzene rings is 2. The van der Waals surface area contributed by atoms with Gasteiger partial charge in [-0.15, -0.1) is 0 Å². The summed E-state index contributed by atoms with van der Waals surface area (Å²) in [6.07, 6.45) is 0.764. The van der Waals surface area contributed by atoms with E-state index >= 15 is 0 Å². The van der Waals surface area contributed by atoms with Gasteiger partial charge in [-0.25, -0.2) is 0 Å². The summed E-state index contributed by atoms with van der Waals surface area (Å²) in [5.74, 6) is 2.61. The van der Waals surface area contributed by atoms with E-state index in [9.17, 15) is 4.79 Å². The number of rotatable bonds is 8. The van der Waals surface area contributed by atoms with Crippen LogP contribution in [0.2, 0.25) is 0 Å². The van der Waals surface area contributed by atoms with Gasteiger partial charge < -0.3 is 18.9 Å². The lowest BCUT2D eigenvalue weighted by Crippen LogP contribution is -2.09. The predicted octanol–water partition coefficient (Wildman–Crippen LogP) is 2.97. The van der Waals surface area contributed by atoms with E-state index in [1.807, 2.05) is 24.3 Å². The van der Waals surface area contributed by atoms with Gasteiger partial charge in [0.1, 0.15) is 31.0 Å². The average molecular weight is 302 g/mol. The Morgan fingerprint density at radius 3 is 2.14 bits per heavy atom. The summed E-state index contributed by atoms with van der Waals surface area (Å²) in [6.45, 7) is 0.714. The van der Waals surface area contributed by atoms with Gasteiger partial charge in [-0.05, 0) is 42.5 Å². The first-order chi connectivity index (χ1) is 10.8. The molecular weight excluding hydrogens is 284 g/mol. The van der Waals surface area contributed by atoms with Crippen LogP contribution in [0.5, 0.6) is 23.0 Å². The first kappa shape index (κ1) is 15.7. The highest BCUT2D eigenvalue weighted by Crippen LogP contribution is 2.27. The SMILES string of the molecule is COc1ccc(OCCOc2cc(C=O)ccc2OC)cc1. The molecule has 0 radical (unpaired) electrons. The Balaban J connectivity index is 1.86. The maximum absolute atomic E-state index is 10.8. The van der Waals surface area contributed by atoms with Crippen molar-refractivity contribution in [3.05, 3.63) is 48.0 Å². The van der Waals surface area contributed by atoms with Gasteiger partial charge in [0.25, 0.3) is 0 Å². The molecule has 2 aromatic rings. The summed E-state index contributed by atoms with van der Waals surface area (Å²) < 4.78 is 21.4. The summed E-state index contributed by atoms with van der Waals surface area (Å²) in [5, 5.41) is 0. The van der Waals surface area contributed by atoms with Crippen LogP contribution in [0.3, 0.4) is 0 Å². The van der Waals surface area contributed by atoms with Gasteiger partial charge in [0.15, 0.2) is 11.5 Å². The first-order valence-electron chi connectivity index (χ1n) is 6.79. The molecule has 5 nitrogen and oxygen atoms in total. The monoisotopic (exact) mass is 302 g/mol. The van der Waals surface area contributed by atoms with Crippen LogP contribution < -0.4 is 18.9 Å². The predicted molar refractivity (Wildman–Crippen MR) is 82.4 cm³/mol. The summed E-state index contributed by atoms with van der Waals surface area (Å²) in [5.41, 5.74) is 0.534. The number of aldehydes is 1. The number of hydrogen-bond donors (Lipinski definition) is 0. The minimum atomic E-state index is 0.338. The summed E-state index contributed by atoms with van der Waals surface area (Å²) in [7, 11) is 3.17. The molecule has 0 spiro atoms. The quantitative estimate of drug-likeness (QED) is 0.554. The highest BCUT2D eigenvalue weighted by molar-refractivity contribution is 5.76. The highest BCUT2D eigenvalue weighted by atomic mass is 16.5. The van der Waals surface area contributed by atoms with Gasteiger partial charge in [0.05, 0.1) is 14.2 Å². The molecule has 0 fully saturated rings. The van der Waals surface area contributed by atoms with E-state index in [4.69, 9.17) is 18.9 Å². The van der Waals surface area contributed by atoms with E-state index in [1.165, 1.54) is 0 Å². The van der Waals surface area contributed by atoms with Crippen molar-refractivity contribution in [3.63, 3.8) is 0 Å². The van der Waals surface area contributed by atoms with E-state index in [0.717, 1.165) is 17.8 Å². The molecule has 0 saturated carbocycles. The molecule has 2 aromatic carbocycles. The Kier molecular flexibility index (Phi) is 5.65. The number of carbonyl (C=O) groups excluding carboxylic acids is 1.